The molecule has 0 aliphatic carbocycles. The van der Waals surface area contributed by atoms with Gasteiger partial charge in [0, 0.05) is 6.42 Å². The van der Waals surface area contributed by atoms with Crippen LogP contribution in [-0.2, 0) is 4.74 Å². The lowest BCUT2D eigenvalue weighted by atomic mass is 9.94. The van der Waals surface area contributed by atoms with Crippen molar-refractivity contribution in [3.8, 4) is 0 Å². The molecule has 3 nitrogen and oxygen atoms in total. The van der Waals surface area contributed by atoms with Crippen LogP contribution >= 0.6 is 0 Å². The van der Waals surface area contributed by atoms with E-state index in [0.29, 0.717) is 6.42 Å². The van der Waals surface area contributed by atoms with E-state index in [-0.39, 0.29) is 12.0 Å². The highest BCUT2D eigenvalue weighted by molar-refractivity contribution is 4.76. The molecule has 1 aliphatic rings. The first kappa shape index (κ1) is 7.98. The first-order valence-electron chi connectivity index (χ1n) is 3.63. The molecule has 1 aliphatic heterocycles. The largest absolute Gasteiger partial charge is 0.390 e. The van der Waals surface area contributed by atoms with Crippen molar-refractivity contribution in [3.05, 3.63) is 0 Å². The van der Waals surface area contributed by atoms with Gasteiger partial charge in [-0.05, 0) is 12.8 Å². The Morgan fingerprint density at radius 3 is 2.40 bits per heavy atom. The number of aliphatic hydroxyl groups is 2. The highest BCUT2D eigenvalue weighted by atomic mass is 16.6. The number of hydrogen-bond donors (Lipinski definition) is 2. The summed E-state index contributed by atoms with van der Waals surface area (Å²) >= 11 is 0. The molecule has 0 aromatic heterocycles. The minimum absolute atomic E-state index is 0.138. The standard InChI is InChI=1S/C7H14O3/c1-4-3-6(8)10-5(2)7(4)9/h4-9H,3H2,1-2H3/t4-,5-,6?,7-/m0/s1. The molecule has 0 spiro atoms. The Morgan fingerprint density at radius 2 is 1.90 bits per heavy atom. The molecule has 1 fully saturated rings. The summed E-state index contributed by atoms with van der Waals surface area (Å²) in [5.74, 6) is 0.138. The Labute approximate surface area is 60.6 Å². The zero-order valence-electron chi connectivity index (χ0n) is 6.32. The van der Waals surface area contributed by atoms with E-state index < -0.39 is 12.4 Å². The fourth-order valence-corrected chi connectivity index (χ4v) is 1.30. The molecule has 1 heterocycles. The average Bonchev–Trinajstić information content (AvgIpc) is 1.82. The summed E-state index contributed by atoms with van der Waals surface area (Å²) in [6.45, 7) is 3.68. The van der Waals surface area contributed by atoms with E-state index in [1.165, 1.54) is 0 Å². The zero-order chi connectivity index (χ0) is 7.72. The maximum Gasteiger partial charge on any atom is 0.155 e. The summed E-state index contributed by atoms with van der Waals surface area (Å²) in [4.78, 5) is 0. The van der Waals surface area contributed by atoms with Crippen LogP contribution in [0.2, 0.25) is 0 Å². The molecule has 0 aromatic rings. The predicted molar refractivity (Wildman–Crippen MR) is 36.3 cm³/mol. The minimum atomic E-state index is -0.687. The van der Waals surface area contributed by atoms with Crippen molar-refractivity contribution in [1.82, 2.24) is 0 Å². The van der Waals surface area contributed by atoms with E-state index in [0.717, 1.165) is 0 Å². The van der Waals surface area contributed by atoms with Crippen molar-refractivity contribution in [2.75, 3.05) is 0 Å². The second-order valence-corrected chi connectivity index (χ2v) is 3.00. The van der Waals surface area contributed by atoms with Gasteiger partial charge in [-0.1, -0.05) is 6.92 Å². The maximum absolute atomic E-state index is 9.33. The number of rotatable bonds is 0. The third-order valence-corrected chi connectivity index (χ3v) is 2.01. The van der Waals surface area contributed by atoms with Gasteiger partial charge in [0.1, 0.15) is 0 Å². The molecule has 60 valence electrons. The summed E-state index contributed by atoms with van der Waals surface area (Å²) < 4.78 is 4.97. The van der Waals surface area contributed by atoms with Gasteiger partial charge in [0.25, 0.3) is 0 Å². The Hall–Kier alpha value is -0.120. The van der Waals surface area contributed by atoms with Gasteiger partial charge in [0.2, 0.25) is 0 Å². The molecule has 0 amide bonds. The molecular weight excluding hydrogens is 132 g/mol. The highest BCUT2D eigenvalue weighted by Gasteiger charge is 2.30. The second kappa shape index (κ2) is 2.86. The van der Waals surface area contributed by atoms with E-state index in [4.69, 9.17) is 9.84 Å². The summed E-state index contributed by atoms with van der Waals surface area (Å²) in [6.07, 6.45) is -0.818. The second-order valence-electron chi connectivity index (χ2n) is 3.00. The van der Waals surface area contributed by atoms with E-state index in [1.807, 2.05) is 6.92 Å². The molecule has 0 aromatic carbocycles. The summed E-state index contributed by atoms with van der Waals surface area (Å²) in [5, 5.41) is 18.4. The van der Waals surface area contributed by atoms with Gasteiger partial charge in [0.05, 0.1) is 12.2 Å². The van der Waals surface area contributed by atoms with Crippen LogP contribution in [-0.4, -0.2) is 28.7 Å². The fourth-order valence-electron chi connectivity index (χ4n) is 1.30. The van der Waals surface area contributed by atoms with Gasteiger partial charge >= 0.3 is 0 Å². The van der Waals surface area contributed by atoms with Gasteiger partial charge < -0.3 is 14.9 Å². The van der Waals surface area contributed by atoms with Crippen LogP contribution in [0.4, 0.5) is 0 Å². The van der Waals surface area contributed by atoms with E-state index in [1.54, 1.807) is 6.92 Å². The lowest BCUT2D eigenvalue weighted by molar-refractivity contribution is -0.209. The first-order chi connectivity index (χ1) is 4.61. The predicted octanol–water partition coefficient (Wildman–Crippen LogP) is 0.111. The van der Waals surface area contributed by atoms with Crippen LogP contribution < -0.4 is 0 Å². The average molecular weight is 146 g/mol. The molecular formula is C7H14O3. The molecule has 0 bridgehead atoms. The summed E-state index contributed by atoms with van der Waals surface area (Å²) in [7, 11) is 0. The number of hydrogen-bond acceptors (Lipinski definition) is 3. The van der Waals surface area contributed by atoms with Crippen LogP contribution in [0.5, 0.6) is 0 Å². The molecule has 1 unspecified atom stereocenters. The normalized spacial score (nSPS) is 49.2. The van der Waals surface area contributed by atoms with Crippen LogP contribution in [0.25, 0.3) is 0 Å². The monoisotopic (exact) mass is 146 g/mol. The van der Waals surface area contributed by atoms with Crippen LogP contribution in [0.15, 0.2) is 0 Å². The van der Waals surface area contributed by atoms with Crippen LogP contribution in [0.1, 0.15) is 20.3 Å². The smallest absolute Gasteiger partial charge is 0.155 e. The highest BCUT2D eigenvalue weighted by Crippen LogP contribution is 2.23. The topological polar surface area (TPSA) is 49.7 Å². The molecule has 4 atom stereocenters. The number of ether oxygens (including phenoxy) is 1. The van der Waals surface area contributed by atoms with Crippen molar-refractivity contribution in [2.24, 2.45) is 5.92 Å². The van der Waals surface area contributed by atoms with Crippen LogP contribution in [0, 0.1) is 5.92 Å². The van der Waals surface area contributed by atoms with E-state index in [2.05, 4.69) is 0 Å². The van der Waals surface area contributed by atoms with E-state index >= 15 is 0 Å². The van der Waals surface area contributed by atoms with Crippen molar-refractivity contribution >= 4 is 0 Å². The van der Waals surface area contributed by atoms with Gasteiger partial charge in [0.15, 0.2) is 6.29 Å². The van der Waals surface area contributed by atoms with Crippen LogP contribution in [0.3, 0.4) is 0 Å². The fraction of sp³-hybridized carbons (Fsp3) is 1.00. The minimum Gasteiger partial charge on any atom is -0.390 e. The molecule has 10 heavy (non-hydrogen) atoms. The number of aliphatic hydroxyl groups excluding tert-OH is 2. The lowest BCUT2D eigenvalue weighted by Crippen LogP contribution is -2.42. The summed E-state index contributed by atoms with van der Waals surface area (Å²) in [5.41, 5.74) is 0. The Bertz CT molecular complexity index is 103. The third-order valence-electron chi connectivity index (χ3n) is 2.01. The molecule has 1 saturated heterocycles. The van der Waals surface area contributed by atoms with Gasteiger partial charge in [-0.2, -0.15) is 0 Å². The molecule has 2 N–H and O–H groups in total. The Morgan fingerprint density at radius 1 is 1.30 bits per heavy atom. The SMILES string of the molecule is C[C@@H]1OC(O)C[C@H](C)[C@@H]1O. The Balaban J connectivity index is 2.49. The van der Waals surface area contributed by atoms with Crippen molar-refractivity contribution in [1.29, 1.82) is 0 Å². The summed E-state index contributed by atoms with van der Waals surface area (Å²) in [6, 6.07) is 0. The third kappa shape index (κ3) is 1.48. The molecule has 0 saturated carbocycles. The van der Waals surface area contributed by atoms with Gasteiger partial charge in [-0.3, -0.25) is 0 Å². The quantitative estimate of drug-likeness (QED) is 0.510. The van der Waals surface area contributed by atoms with Crippen molar-refractivity contribution in [3.63, 3.8) is 0 Å². The maximum atomic E-state index is 9.33. The molecule has 0 radical (unpaired) electrons. The zero-order valence-corrected chi connectivity index (χ0v) is 6.32. The van der Waals surface area contributed by atoms with Crippen molar-refractivity contribution in [2.45, 2.75) is 38.8 Å². The Kier molecular flexibility index (Phi) is 2.28. The molecule has 1 rings (SSSR count). The first-order valence-corrected chi connectivity index (χ1v) is 3.63. The van der Waals surface area contributed by atoms with Crippen molar-refractivity contribution < 1.29 is 14.9 Å². The van der Waals surface area contributed by atoms with E-state index in [9.17, 15) is 5.11 Å². The lowest BCUT2D eigenvalue weighted by Gasteiger charge is -2.33. The van der Waals surface area contributed by atoms with Gasteiger partial charge in [-0.15, -0.1) is 0 Å². The van der Waals surface area contributed by atoms with Gasteiger partial charge in [-0.25, -0.2) is 0 Å². The molecule has 3 heteroatoms.